The van der Waals surface area contributed by atoms with Crippen molar-refractivity contribution in [1.29, 1.82) is 0 Å². The average Bonchev–Trinajstić information content (AvgIpc) is 2.26. The maximum Gasteiger partial charge on any atom is 0.289 e. The molecule has 0 aliphatic heterocycles. The minimum atomic E-state index is -2.67. The molecular formula is C12H20N3O2PS2. The number of thiocarbonyl (C=S) groups is 1. The van der Waals surface area contributed by atoms with Gasteiger partial charge in [-0.1, -0.05) is 6.07 Å². The van der Waals surface area contributed by atoms with Crippen molar-refractivity contribution in [3.05, 3.63) is 24.4 Å². The van der Waals surface area contributed by atoms with E-state index in [1.165, 1.54) is 0 Å². The van der Waals surface area contributed by atoms with Crippen LogP contribution in [0.4, 0.5) is 5.82 Å². The Balaban J connectivity index is 2.69. The summed E-state index contributed by atoms with van der Waals surface area (Å²) >= 11 is 10.7. The van der Waals surface area contributed by atoms with Crippen LogP contribution in [0.3, 0.4) is 0 Å². The van der Waals surface area contributed by atoms with E-state index in [0.29, 0.717) is 10.9 Å². The summed E-state index contributed by atoms with van der Waals surface area (Å²) in [6.45, 7) is 4.94. The van der Waals surface area contributed by atoms with Crippen LogP contribution in [-0.2, 0) is 20.9 Å². The molecule has 0 spiro atoms. The molecule has 0 fully saturated rings. The molecule has 0 saturated heterocycles. The molecule has 20 heavy (non-hydrogen) atoms. The largest absolute Gasteiger partial charge is 0.317 e. The number of hydrogen-bond donors (Lipinski definition) is 2. The van der Waals surface area contributed by atoms with Crippen LogP contribution in [0.15, 0.2) is 24.4 Å². The first-order valence-electron chi connectivity index (χ1n) is 6.28. The van der Waals surface area contributed by atoms with E-state index in [1.807, 2.05) is 45.9 Å². The second-order valence-corrected chi connectivity index (χ2v) is 8.08. The van der Waals surface area contributed by atoms with Gasteiger partial charge in [-0.25, -0.2) is 4.98 Å². The fourth-order valence-electron chi connectivity index (χ4n) is 1.34. The Hall–Kier alpha value is -0.590. The highest BCUT2D eigenvalue weighted by Gasteiger charge is 2.23. The van der Waals surface area contributed by atoms with Crippen LogP contribution >= 0.6 is 18.9 Å². The van der Waals surface area contributed by atoms with Gasteiger partial charge in [0.15, 0.2) is 5.11 Å². The third kappa shape index (κ3) is 6.72. The summed E-state index contributed by atoms with van der Waals surface area (Å²) in [4.78, 5) is 4.13. The molecule has 0 atom stereocenters. The van der Waals surface area contributed by atoms with Crippen molar-refractivity contribution < 1.29 is 9.05 Å². The molecular weight excluding hydrogens is 313 g/mol. The number of nitrogens with one attached hydrogen (secondary N) is 2. The summed E-state index contributed by atoms with van der Waals surface area (Å²) in [6.07, 6.45) is 1.57. The van der Waals surface area contributed by atoms with E-state index in [1.54, 1.807) is 6.20 Å². The molecule has 0 amide bonds. The van der Waals surface area contributed by atoms with Crippen LogP contribution in [0, 0.1) is 0 Å². The molecule has 2 N–H and O–H groups in total. The molecule has 0 aromatic carbocycles. The highest BCUT2D eigenvalue weighted by Crippen LogP contribution is 2.46. The van der Waals surface area contributed by atoms with Gasteiger partial charge in [-0.05, 0) is 63.9 Å². The first-order chi connectivity index (χ1) is 9.31. The lowest BCUT2D eigenvalue weighted by molar-refractivity contribution is 0.172. The van der Waals surface area contributed by atoms with Gasteiger partial charge < -0.3 is 14.4 Å². The molecule has 1 aromatic rings. The molecule has 8 heteroatoms. The zero-order chi connectivity index (χ0) is 15.2. The number of nitrogens with zero attached hydrogens (tertiary/aromatic N) is 1. The van der Waals surface area contributed by atoms with Crippen molar-refractivity contribution in [1.82, 2.24) is 10.1 Å². The Morgan fingerprint density at radius 3 is 2.25 bits per heavy atom. The van der Waals surface area contributed by atoms with Crippen LogP contribution in [0.5, 0.6) is 0 Å². The van der Waals surface area contributed by atoms with E-state index in [9.17, 15) is 0 Å². The maximum absolute atomic E-state index is 5.70. The first-order valence-corrected chi connectivity index (χ1v) is 9.32. The van der Waals surface area contributed by atoms with Crippen LogP contribution < -0.4 is 10.4 Å². The lowest BCUT2D eigenvalue weighted by Gasteiger charge is -2.27. The topological polar surface area (TPSA) is 55.4 Å². The van der Waals surface area contributed by atoms with Gasteiger partial charge >= 0.3 is 0 Å². The predicted molar refractivity (Wildman–Crippen MR) is 90.3 cm³/mol. The monoisotopic (exact) mass is 333 g/mol. The Morgan fingerprint density at radius 2 is 1.80 bits per heavy atom. The maximum atomic E-state index is 5.70. The van der Waals surface area contributed by atoms with Gasteiger partial charge in [0.2, 0.25) is 0 Å². The normalized spacial score (nSPS) is 11.7. The molecule has 0 saturated carbocycles. The fourth-order valence-corrected chi connectivity index (χ4v) is 4.85. The van der Waals surface area contributed by atoms with Gasteiger partial charge in [-0.3, -0.25) is 5.09 Å². The lowest BCUT2D eigenvalue weighted by Crippen LogP contribution is -2.29. The van der Waals surface area contributed by atoms with Crippen molar-refractivity contribution in [2.75, 3.05) is 5.32 Å². The summed E-state index contributed by atoms with van der Waals surface area (Å²) in [5.74, 6) is 0.639. The molecule has 1 rings (SSSR count). The number of rotatable bonds is 6. The second kappa shape index (κ2) is 8.00. The Bertz CT molecular complexity index is 469. The standard InChI is InChI=1S/C12H20N3O2PS2/c1-9(2)16-18(20,17-10(3)4)15-12(19)14-11-7-5-6-8-13-11/h5-10H,1-4H3,(H2,13,14,15,19,20). The van der Waals surface area contributed by atoms with Gasteiger partial charge in [0.25, 0.3) is 6.64 Å². The summed E-state index contributed by atoms with van der Waals surface area (Å²) in [5.41, 5.74) is 0. The minimum absolute atomic E-state index is 0.0512. The molecule has 0 bridgehead atoms. The van der Waals surface area contributed by atoms with Crippen LogP contribution in [-0.4, -0.2) is 22.3 Å². The Morgan fingerprint density at radius 1 is 1.20 bits per heavy atom. The predicted octanol–water partition coefficient (Wildman–Crippen LogP) is 3.44. The lowest BCUT2D eigenvalue weighted by atomic mass is 10.5. The Labute approximate surface area is 130 Å². The molecule has 0 aliphatic carbocycles. The molecule has 1 heterocycles. The van der Waals surface area contributed by atoms with E-state index in [-0.39, 0.29) is 12.2 Å². The van der Waals surface area contributed by atoms with Crippen molar-refractivity contribution in [3.8, 4) is 0 Å². The zero-order valence-electron chi connectivity index (χ0n) is 12.0. The van der Waals surface area contributed by atoms with E-state index < -0.39 is 6.64 Å². The van der Waals surface area contributed by atoms with Crippen molar-refractivity contribution in [3.63, 3.8) is 0 Å². The summed E-state index contributed by atoms with van der Waals surface area (Å²) in [5, 5.41) is 6.26. The van der Waals surface area contributed by atoms with Crippen LogP contribution in [0.25, 0.3) is 0 Å². The van der Waals surface area contributed by atoms with Gasteiger partial charge in [0.05, 0.1) is 12.2 Å². The second-order valence-electron chi connectivity index (χ2n) is 4.59. The molecule has 1 aromatic heterocycles. The quantitative estimate of drug-likeness (QED) is 0.611. The van der Waals surface area contributed by atoms with Crippen molar-refractivity contribution in [2.45, 2.75) is 39.9 Å². The summed E-state index contributed by atoms with van der Waals surface area (Å²) in [7, 11) is 0. The average molecular weight is 333 g/mol. The van der Waals surface area contributed by atoms with E-state index in [2.05, 4.69) is 15.4 Å². The number of pyridine rings is 1. The fraction of sp³-hybridized carbons (Fsp3) is 0.500. The van der Waals surface area contributed by atoms with Gasteiger partial charge in [0.1, 0.15) is 5.82 Å². The van der Waals surface area contributed by atoms with E-state index in [4.69, 9.17) is 33.1 Å². The number of hydrogen-bond acceptors (Lipinski definition) is 5. The smallest absolute Gasteiger partial charge is 0.289 e. The molecule has 112 valence electrons. The number of anilines is 1. The van der Waals surface area contributed by atoms with Gasteiger partial charge in [0, 0.05) is 6.20 Å². The first kappa shape index (κ1) is 17.5. The molecule has 5 nitrogen and oxygen atoms in total. The highest BCUT2D eigenvalue weighted by atomic mass is 32.5. The Kier molecular flexibility index (Phi) is 6.99. The molecule has 0 unspecified atom stereocenters. The molecule has 0 aliphatic rings. The van der Waals surface area contributed by atoms with Gasteiger partial charge in [-0.15, -0.1) is 0 Å². The zero-order valence-corrected chi connectivity index (χ0v) is 14.5. The number of aromatic nitrogens is 1. The summed E-state index contributed by atoms with van der Waals surface area (Å²) in [6, 6.07) is 5.50. The highest BCUT2D eigenvalue weighted by molar-refractivity contribution is 8.09. The summed E-state index contributed by atoms with van der Waals surface area (Å²) < 4.78 is 11.4. The van der Waals surface area contributed by atoms with Crippen molar-refractivity contribution >= 4 is 41.6 Å². The van der Waals surface area contributed by atoms with Crippen molar-refractivity contribution in [2.24, 2.45) is 0 Å². The van der Waals surface area contributed by atoms with Crippen LogP contribution in [0.1, 0.15) is 27.7 Å². The minimum Gasteiger partial charge on any atom is -0.317 e. The third-order valence-electron chi connectivity index (χ3n) is 1.84. The van der Waals surface area contributed by atoms with Gasteiger partial charge in [-0.2, -0.15) is 0 Å². The molecule has 0 radical (unpaired) electrons. The third-order valence-corrected chi connectivity index (χ3v) is 4.89. The SMILES string of the molecule is CC(C)OP(=S)(NC(=S)Nc1ccccn1)OC(C)C. The van der Waals surface area contributed by atoms with Crippen LogP contribution in [0.2, 0.25) is 0 Å². The van der Waals surface area contributed by atoms with E-state index >= 15 is 0 Å². The van der Waals surface area contributed by atoms with E-state index in [0.717, 1.165) is 0 Å².